The van der Waals surface area contributed by atoms with Crippen LogP contribution in [-0.2, 0) is 6.61 Å². The van der Waals surface area contributed by atoms with Gasteiger partial charge in [0.1, 0.15) is 18.2 Å². The highest BCUT2D eigenvalue weighted by Crippen LogP contribution is 2.18. The Morgan fingerprint density at radius 1 is 1.33 bits per heavy atom. The van der Waals surface area contributed by atoms with Crippen LogP contribution in [0.5, 0.6) is 5.75 Å². The summed E-state index contributed by atoms with van der Waals surface area (Å²) < 4.78 is 18.9. The second-order valence-electron chi connectivity index (χ2n) is 3.55. The average Bonchev–Trinajstić information content (AvgIpc) is 2.37. The van der Waals surface area contributed by atoms with E-state index in [0.717, 1.165) is 0 Å². The summed E-state index contributed by atoms with van der Waals surface area (Å²) in [5.74, 6) is -0.00435. The van der Waals surface area contributed by atoms with Gasteiger partial charge in [-0.25, -0.2) is 4.39 Å². The molecule has 90 valence electrons. The molecule has 0 bridgehead atoms. The number of rotatable bonds is 3. The van der Waals surface area contributed by atoms with Crippen molar-refractivity contribution in [1.82, 2.24) is 4.98 Å². The molecule has 2 rings (SSSR count). The zero-order valence-electron chi connectivity index (χ0n) is 9.23. The number of nitrogens with zero attached hydrogens (tertiary/aromatic N) is 2. The lowest BCUT2D eigenvalue weighted by Gasteiger charge is -2.07. The smallest absolute Gasteiger partial charge is 0.139 e. The monoisotopic (exact) mass is 262 g/mol. The van der Waals surface area contributed by atoms with Gasteiger partial charge >= 0.3 is 0 Å². The molecule has 0 aliphatic heterocycles. The van der Waals surface area contributed by atoms with E-state index < -0.39 is 5.82 Å². The van der Waals surface area contributed by atoms with Crippen LogP contribution in [0.15, 0.2) is 36.7 Å². The molecule has 5 heteroatoms. The van der Waals surface area contributed by atoms with Crippen molar-refractivity contribution in [2.45, 2.75) is 6.61 Å². The second kappa shape index (κ2) is 5.48. The Morgan fingerprint density at radius 3 is 2.83 bits per heavy atom. The van der Waals surface area contributed by atoms with Crippen LogP contribution in [0, 0.1) is 17.1 Å². The van der Waals surface area contributed by atoms with Crippen molar-refractivity contribution in [3.8, 4) is 11.8 Å². The van der Waals surface area contributed by atoms with E-state index in [1.165, 1.54) is 30.6 Å². The van der Waals surface area contributed by atoms with Gasteiger partial charge in [0, 0.05) is 17.8 Å². The van der Waals surface area contributed by atoms with Gasteiger partial charge in [-0.05, 0) is 12.1 Å². The molecule has 0 atom stereocenters. The van der Waals surface area contributed by atoms with Crippen LogP contribution in [0.2, 0.25) is 5.02 Å². The molecule has 0 fully saturated rings. The van der Waals surface area contributed by atoms with E-state index in [-0.39, 0.29) is 12.2 Å². The third kappa shape index (κ3) is 2.96. The lowest BCUT2D eigenvalue weighted by molar-refractivity contribution is 0.298. The van der Waals surface area contributed by atoms with Crippen molar-refractivity contribution in [3.05, 3.63) is 58.6 Å². The van der Waals surface area contributed by atoms with Crippen LogP contribution in [0.4, 0.5) is 4.39 Å². The van der Waals surface area contributed by atoms with Gasteiger partial charge < -0.3 is 4.74 Å². The molecule has 0 spiro atoms. The standard InChI is InChI=1S/C13H8ClFN2O/c14-11-4-12(7-17-6-11)18-8-10-2-1-9(5-16)3-13(10)15/h1-4,6-7H,8H2. The van der Waals surface area contributed by atoms with Crippen molar-refractivity contribution in [2.75, 3.05) is 0 Å². The van der Waals surface area contributed by atoms with E-state index in [4.69, 9.17) is 21.6 Å². The van der Waals surface area contributed by atoms with E-state index >= 15 is 0 Å². The summed E-state index contributed by atoms with van der Waals surface area (Å²) in [6.45, 7) is 0.0551. The maximum Gasteiger partial charge on any atom is 0.139 e. The Morgan fingerprint density at radius 2 is 2.17 bits per heavy atom. The molecule has 18 heavy (non-hydrogen) atoms. The number of ether oxygens (including phenoxy) is 1. The Balaban J connectivity index is 2.09. The summed E-state index contributed by atoms with van der Waals surface area (Å²) in [5.41, 5.74) is 0.648. The third-order valence-electron chi connectivity index (χ3n) is 2.26. The highest BCUT2D eigenvalue weighted by Gasteiger charge is 2.05. The predicted octanol–water partition coefficient (Wildman–Crippen LogP) is 3.32. The summed E-state index contributed by atoms with van der Waals surface area (Å²) in [4.78, 5) is 3.85. The van der Waals surface area contributed by atoms with Gasteiger partial charge in [-0.3, -0.25) is 4.98 Å². The van der Waals surface area contributed by atoms with Crippen LogP contribution in [0.25, 0.3) is 0 Å². The maximum atomic E-state index is 13.5. The Kier molecular flexibility index (Phi) is 3.75. The second-order valence-corrected chi connectivity index (χ2v) is 3.98. The largest absolute Gasteiger partial charge is 0.487 e. The van der Waals surface area contributed by atoms with Crippen LogP contribution in [0.3, 0.4) is 0 Å². The topological polar surface area (TPSA) is 45.9 Å². The number of benzene rings is 1. The van der Waals surface area contributed by atoms with Gasteiger partial charge in [-0.1, -0.05) is 17.7 Å². The van der Waals surface area contributed by atoms with Crippen LogP contribution < -0.4 is 4.74 Å². The van der Waals surface area contributed by atoms with E-state index in [0.29, 0.717) is 16.3 Å². The SMILES string of the molecule is N#Cc1ccc(COc2cncc(Cl)c2)c(F)c1. The van der Waals surface area contributed by atoms with Crippen LogP contribution >= 0.6 is 11.6 Å². The lowest BCUT2D eigenvalue weighted by atomic mass is 10.1. The fourth-order valence-corrected chi connectivity index (χ4v) is 1.53. The molecule has 0 N–H and O–H groups in total. The maximum absolute atomic E-state index is 13.5. The minimum Gasteiger partial charge on any atom is -0.487 e. The quantitative estimate of drug-likeness (QED) is 0.852. The van der Waals surface area contributed by atoms with Crippen molar-refractivity contribution in [1.29, 1.82) is 5.26 Å². The zero-order chi connectivity index (χ0) is 13.0. The lowest BCUT2D eigenvalue weighted by Crippen LogP contribution is -1.99. The van der Waals surface area contributed by atoms with Crippen molar-refractivity contribution in [3.63, 3.8) is 0 Å². The first-order chi connectivity index (χ1) is 8.69. The molecule has 0 saturated carbocycles. The number of hydrogen-bond donors (Lipinski definition) is 0. The van der Waals surface area contributed by atoms with Crippen molar-refractivity contribution >= 4 is 11.6 Å². The molecular formula is C13H8ClFN2O. The first-order valence-electron chi connectivity index (χ1n) is 5.11. The number of pyridine rings is 1. The molecule has 0 unspecified atom stereocenters. The fraction of sp³-hybridized carbons (Fsp3) is 0.0769. The minimum absolute atomic E-state index is 0.0551. The summed E-state index contributed by atoms with van der Waals surface area (Å²) >= 11 is 5.74. The number of hydrogen-bond acceptors (Lipinski definition) is 3. The molecule has 0 aliphatic carbocycles. The van der Waals surface area contributed by atoms with Gasteiger partial charge in [0.05, 0.1) is 22.9 Å². The predicted molar refractivity (Wildman–Crippen MR) is 64.7 cm³/mol. The van der Waals surface area contributed by atoms with Gasteiger partial charge in [0.2, 0.25) is 0 Å². The number of nitriles is 1. The van der Waals surface area contributed by atoms with Gasteiger partial charge in [0.15, 0.2) is 0 Å². The summed E-state index contributed by atoms with van der Waals surface area (Å²) in [6, 6.07) is 7.70. The summed E-state index contributed by atoms with van der Waals surface area (Å²) in [7, 11) is 0. The van der Waals surface area contributed by atoms with E-state index in [2.05, 4.69) is 4.98 Å². The molecule has 3 nitrogen and oxygen atoms in total. The first-order valence-corrected chi connectivity index (χ1v) is 5.49. The van der Waals surface area contributed by atoms with Crippen molar-refractivity contribution < 1.29 is 9.13 Å². The molecule has 2 aromatic rings. The average molecular weight is 263 g/mol. The Bertz CT molecular complexity index is 610. The Labute approximate surface area is 108 Å². The molecule has 1 aromatic heterocycles. The molecule has 0 aliphatic rings. The summed E-state index contributed by atoms with van der Waals surface area (Å²) in [6.07, 6.45) is 2.98. The summed E-state index contributed by atoms with van der Waals surface area (Å²) in [5, 5.41) is 9.07. The molecule has 1 aromatic carbocycles. The molecule has 0 amide bonds. The van der Waals surface area contributed by atoms with Gasteiger partial charge in [-0.15, -0.1) is 0 Å². The van der Waals surface area contributed by atoms with Gasteiger partial charge in [-0.2, -0.15) is 5.26 Å². The zero-order valence-corrected chi connectivity index (χ0v) is 9.99. The van der Waals surface area contributed by atoms with E-state index in [9.17, 15) is 4.39 Å². The normalized spacial score (nSPS) is 9.83. The number of halogens is 2. The minimum atomic E-state index is -0.468. The van der Waals surface area contributed by atoms with Gasteiger partial charge in [0.25, 0.3) is 0 Å². The van der Waals surface area contributed by atoms with E-state index in [1.807, 2.05) is 6.07 Å². The molecule has 1 heterocycles. The highest BCUT2D eigenvalue weighted by molar-refractivity contribution is 6.30. The van der Waals surface area contributed by atoms with Crippen LogP contribution in [0.1, 0.15) is 11.1 Å². The molecule has 0 radical (unpaired) electrons. The van der Waals surface area contributed by atoms with Crippen LogP contribution in [-0.4, -0.2) is 4.98 Å². The van der Waals surface area contributed by atoms with Crippen molar-refractivity contribution in [2.24, 2.45) is 0 Å². The fourth-order valence-electron chi connectivity index (χ4n) is 1.37. The number of aromatic nitrogens is 1. The highest BCUT2D eigenvalue weighted by atomic mass is 35.5. The Hall–Kier alpha value is -2.12. The van der Waals surface area contributed by atoms with E-state index in [1.54, 1.807) is 6.07 Å². The molecule has 0 saturated heterocycles. The first kappa shape index (κ1) is 12.3. The molecular weight excluding hydrogens is 255 g/mol. The third-order valence-corrected chi connectivity index (χ3v) is 2.46.